The molecule has 1 fully saturated rings. The molecule has 3 rings (SSSR count). The Kier molecular flexibility index (Phi) is 7.53. The summed E-state index contributed by atoms with van der Waals surface area (Å²) in [5.74, 6) is 1.71. The second kappa shape index (κ2) is 10.3. The number of carbonyl (C=O) groups excluding carboxylic acids is 1. The highest BCUT2D eigenvalue weighted by Gasteiger charge is 2.28. The van der Waals surface area contributed by atoms with Crippen LogP contribution in [0.3, 0.4) is 0 Å². The monoisotopic (exact) mass is 439 g/mol. The molecular formula is C23H33N7O2. The van der Waals surface area contributed by atoms with E-state index < -0.39 is 0 Å². The van der Waals surface area contributed by atoms with Crippen LogP contribution in [0.1, 0.15) is 47.8 Å². The summed E-state index contributed by atoms with van der Waals surface area (Å²) >= 11 is 0. The summed E-state index contributed by atoms with van der Waals surface area (Å²) in [7, 11) is 5.36. The summed E-state index contributed by atoms with van der Waals surface area (Å²) < 4.78 is 2.03. The smallest absolute Gasteiger partial charge is 0.270 e. The lowest BCUT2D eigenvalue weighted by molar-refractivity contribution is 0.0815. The Balaban J connectivity index is 1.83. The lowest BCUT2D eigenvalue weighted by atomic mass is 10.2. The van der Waals surface area contributed by atoms with Gasteiger partial charge >= 0.3 is 0 Å². The molecule has 2 heterocycles. The number of anilines is 3. The van der Waals surface area contributed by atoms with Gasteiger partial charge in [0.25, 0.3) is 5.91 Å². The number of amides is 1. The molecule has 172 valence electrons. The molecule has 1 aliphatic rings. The first-order valence-corrected chi connectivity index (χ1v) is 10.8. The van der Waals surface area contributed by atoms with Crippen LogP contribution in [0.4, 0.5) is 17.3 Å². The van der Waals surface area contributed by atoms with E-state index in [1.54, 1.807) is 31.3 Å². The lowest BCUT2D eigenvalue weighted by Crippen LogP contribution is -2.26. The van der Waals surface area contributed by atoms with Crippen LogP contribution in [0.5, 0.6) is 0 Å². The van der Waals surface area contributed by atoms with E-state index in [0.29, 0.717) is 35.3 Å². The first-order chi connectivity index (χ1) is 15.3. The van der Waals surface area contributed by atoms with Gasteiger partial charge in [0.05, 0.1) is 18.5 Å². The molecule has 0 atom stereocenters. The second-order valence-corrected chi connectivity index (χ2v) is 8.26. The number of hydrogen-bond donors (Lipinski definition) is 4. The molecule has 9 heteroatoms. The average molecular weight is 440 g/mol. The van der Waals surface area contributed by atoms with Gasteiger partial charge in [0.2, 0.25) is 0 Å². The predicted molar refractivity (Wildman–Crippen MR) is 129 cm³/mol. The van der Waals surface area contributed by atoms with Crippen molar-refractivity contribution < 1.29 is 9.90 Å². The number of nitrogens with one attached hydrogen (secondary N) is 3. The molecule has 2 aromatic heterocycles. The van der Waals surface area contributed by atoms with Crippen LogP contribution < -0.4 is 15.5 Å². The first kappa shape index (κ1) is 23.3. The highest BCUT2D eigenvalue weighted by molar-refractivity contribution is 5.98. The molecule has 4 N–H and O–H groups in total. The zero-order chi connectivity index (χ0) is 23.3. The van der Waals surface area contributed by atoms with Crippen molar-refractivity contribution in [2.24, 2.45) is 0 Å². The summed E-state index contributed by atoms with van der Waals surface area (Å²) in [5.41, 5.74) is 2.11. The van der Waals surface area contributed by atoms with Crippen LogP contribution in [0.15, 0.2) is 36.8 Å². The van der Waals surface area contributed by atoms with Crippen LogP contribution in [-0.2, 0) is 0 Å². The van der Waals surface area contributed by atoms with E-state index in [4.69, 9.17) is 10.5 Å². The molecule has 0 saturated heterocycles. The number of hydrogen-bond acceptors (Lipinski definition) is 7. The topological polar surface area (TPSA) is 110 Å². The Labute approximate surface area is 189 Å². The summed E-state index contributed by atoms with van der Waals surface area (Å²) in [6, 6.07) is 5.73. The van der Waals surface area contributed by atoms with E-state index in [2.05, 4.69) is 22.2 Å². The zero-order valence-electron chi connectivity index (χ0n) is 19.1. The Morgan fingerprint density at radius 1 is 1.31 bits per heavy atom. The molecule has 0 aromatic carbocycles. The maximum absolute atomic E-state index is 12.8. The number of aromatic nitrogens is 2. The molecule has 0 unspecified atom stereocenters. The fraction of sp³-hybridized carbons (Fsp3) is 0.435. The van der Waals surface area contributed by atoms with E-state index in [0.717, 1.165) is 31.4 Å². The Bertz CT molecular complexity index is 959. The van der Waals surface area contributed by atoms with Crippen LogP contribution in [0, 0.1) is 5.41 Å². The van der Waals surface area contributed by atoms with Gasteiger partial charge in [0.1, 0.15) is 23.2 Å². The molecule has 1 amide bonds. The summed E-state index contributed by atoms with van der Waals surface area (Å²) in [6.07, 6.45) is 7.23. The minimum absolute atomic E-state index is 0.0749. The highest BCUT2D eigenvalue weighted by atomic mass is 16.3. The number of likely N-dealkylation sites (N-methyl/N-ethyl adjacent to an activating group) is 1. The van der Waals surface area contributed by atoms with Crippen molar-refractivity contribution in [3.63, 3.8) is 0 Å². The zero-order valence-corrected chi connectivity index (χ0v) is 19.1. The van der Waals surface area contributed by atoms with E-state index >= 15 is 0 Å². The molecule has 1 saturated carbocycles. The molecule has 0 spiro atoms. The van der Waals surface area contributed by atoms with Gasteiger partial charge in [-0.05, 0) is 31.0 Å². The maximum Gasteiger partial charge on any atom is 0.270 e. The third kappa shape index (κ3) is 5.11. The average Bonchev–Trinajstić information content (AvgIpc) is 3.41. The molecule has 9 nitrogen and oxygen atoms in total. The summed E-state index contributed by atoms with van der Waals surface area (Å²) in [5, 5.41) is 23.4. The third-order valence-electron chi connectivity index (χ3n) is 5.71. The van der Waals surface area contributed by atoms with Gasteiger partial charge in [-0.25, -0.2) is 4.98 Å². The van der Waals surface area contributed by atoms with Crippen molar-refractivity contribution in [3.8, 4) is 0 Å². The molecule has 1 aliphatic carbocycles. The summed E-state index contributed by atoms with van der Waals surface area (Å²) in [6.45, 7) is 4.68. The quantitative estimate of drug-likeness (QED) is 0.424. The predicted octanol–water partition coefficient (Wildman–Crippen LogP) is 3.12. The molecule has 0 aliphatic heterocycles. The normalized spacial score (nSPS) is 13.6. The van der Waals surface area contributed by atoms with E-state index in [-0.39, 0.29) is 18.6 Å². The molecular weight excluding hydrogens is 406 g/mol. The molecule has 2 aromatic rings. The highest BCUT2D eigenvalue weighted by Crippen LogP contribution is 2.36. The minimum atomic E-state index is -0.0872. The second-order valence-electron chi connectivity index (χ2n) is 8.26. The number of carbonyl (C=O) groups is 1. The fourth-order valence-electron chi connectivity index (χ4n) is 4.02. The van der Waals surface area contributed by atoms with Crippen molar-refractivity contribution >= 4 is 29.4 Å². The molecule has 0 radical (unpaired) electrons. The van der Waals surface area contributed by atoms with Gasteiger partial charge in [0.15, 0.2) is 0 Å². The lowest BCUT2D eigenvalue weighted by Gasteiger charge is -2.23. The SMILES string of the molecule is C=C(Nc1ccc(N(C)CCO)cn1)Nc1c(C=N)cc(C(=O)N(C)C)n1C1CCCC1. The van der Waals surface area contributed by atoms with Gasteiger partial charge < -0.3 is 35.5 Å². The van der Waals surface area contributed by atoms with Crippen molar-refractivity contribution in [1.82, 2.24) is 14.5 Å². The van der Waals surface area contributed by atoms with Crippen LogP contribution in [0.25, 0.3) is 0 Å². The molecule has 32 heavy (non-hydrogen) atoms. The van der Waals surface area contributed by atoms with E-state index in [9.17, 15) is 4.79 Å². The van der Waals surface area contributed by atoms with Gasteiger partial charge in [-0.3, -0.25) is 4.79 Å². The van der Waals surface area contributed by atoms with Gasteiger partial charge in [-0.15, -0.1) is 0 Å². The number of aliphatic hydroxyl groups excluding tert-OH is 1. The largest absolute Gasteiger partial charge is 0.395 e. The van der Waals surface area contributed by atoms with E-state index in [1.165, 1.54) is 6.21 Å². The van der Waals surface area contributed by atoms with Crippen LogP contribution in [-0.4, -0.2) is 66.0 Å². The Hall–Kier alpha value is -3.33. The van der Waals surface area contributed by atoms with Crippen molar-refractivity contribution in [3.05, 3.63) is 48.1 Å². The van der Waals surface area contributed by atoms with Gasteiger partial charge in [-0.1, -0.05) is 19.4 Å². The number of pyridine rings is 1. The Morgan fingerprint density at radius 2 is 2.03 bits per heavy atom. The van der Waals surface area contributed by atoms with Crippen LogP contribution >= 0.6 is 0 Å². The number of aliphatic hydroxyl groups is 1. The standard InChI is InChI=1S/C23H33N7O2/c1-16(26-21-10-9-19(15-25-21)29(4)11-12-31)27-22-17(14-24)13-20(23(32)28(2)3)30(22)18-7-5-6-8-18/h9-10,13-15,18,24,27,31H,1,5-8,11-12H2,2-4H3,(H,25,26). The summed E-state index contributed by atoms with van der Waals surface area (Å²) in [4.78, 5) is 20.7. The van der Waals surface area contributed by atoms with Gasteiger partial charge in [0, 0.05) is 45.5 Å². The van der Waals surface area contributed by atoms with Crippen molar-refractivity contribution in [1.29, 1.82) is 5.41 Å². The maximum atomic E-state index is 12.8. The van der Waals surface area contributed by atoms with Crippen molar-refractivity contribution in [2.75, 3.05) is 49.8 Å². The van der Waals surface area contributed by atoms with Crippen molar-refractivity contribution in [2.45, 2.75) is 31.7 Å². The molecule has 0 bridgehead atoms. The fourth-order valence-corrected chi connectivity index (χ4v) is 4.02. The van der Waals surface area contributed by atoms with Crippen LogP contribution in [0.2, 0.25) is 0 Å². The first-order valence-electron chi connectivity index (χ1n) is 10.8. The number of rotatable bonds is 10. The number of nitrogens with zero attached hydrogens (tertiary/aromatic N) is 4. The van der Waals surface area contributed by atoms with E-state index in [1.807, 2.05) is 28.6 Å². The van der Waals surface area contributed by atoms with Gasteiger partial charge in [-0.2, -0.15) is 0 Å². The minimum Gasteiger partial charge on any atom is -0.395 e. The Morgan fingerprint density at radius 3 is 2.59 bits per heavy atom. The third-order valence-corrected chi connectivity index (χ3v) is 5.71.